The average molecular weight is 270 g/mol. The highest BCUT2D eigenvalue weighted by Crippen LogP contribution is 2.33. The van der Waals surface area contributed by atoms with Crippen LogP contribution in [-0.2, 0) is 0 Å². The fourth-order valence-electron chi connectivity index (χ4n) is 1.91. The SMILES string of the molecule is CCC1(CC)CNc2cc(Br)cnc2N1. The summed E-state index contributed by atoms with van der Waals surface area (Å²) in [4.78, 5) is 4.39. The van der Waals surface area contributed by atoms with Gasteiger partial charge < -0.3 is 10.6 Å². The molecule has 0 unspecified atom stereocenters. The number of anilines is 2. The summed E-state index contributed by atoms with van der Waals surface area (Å²) in [6.07, 6.45) is 4.04. The Bertz CT molecular complexity index is 361. The van der Waals surface area contributed by atoms with Gasteiger partial charge in [0.25, 0.3) is 0 Å². The first-order chi connectivity index (χ1) is 7.19. The van der Waals surface area contributed by atoms with Gasteiger partial charge in [0.2, 0.25) is 0 Å². The van der Waals surface area contributed by atoms with Crippen LogP contribution in [0.3, 0.4) is 0 Å². The van der Waals surface area contributed by atoms with Gasteiger partial charge in [-0.15, -0.1) is 0 Å². The Morgan fingerprint density at radius 1 is 1.47 bits per heavy atom. The number of nitrogens with zero attached hydrogens (tertiary/aromatic N) is 1. The third-order valence-corrected chi connectivity index (χ3v) is 3.64. The topological polar surface area (TPSA) is 37.0 Å². The van der Waals surface area contributed by atoms with Crippen LogP contribution < -0.4 is 10.6 Å². The van der Waals surface area contributed by atoms with Crippen molar-refractivity contribution in [2.45, 2.75) is 32.2 Å². The highest BCUT2D eigenvalue weighted by Gasteiger charge is 2.30. The third kappa shape index (κ3) is 1.95. The smallest absolute Gasteiger partial charge is 0.149 e. The minimum atomic E-state index is 0.161. The Hall–Kier alpha value is -0.770. The van der Waals surface area contributed by atoms with Gasteiger partial charge in [-0.25, -0.2) is 4.98 Å². The van der Waals surface area contributed by atoms with Crippen LogP contribution in [0.2, 0.25) is 0 Å². The lowest BCUT2D eigenvalue weighted by atomic mass is 9.91. The predicted octanol–water partition coefficient (Wildman–Crippen LogP) is 3.24. The first kappa shape index (κ1) is 10.7. The molecule has 2 heterocycles. The first-order valence-electron chi connectivity index (χ1n) is 5.37. The minimum Gasteiger partial charge on any atom is -0.380 e. The lowest BCUT2D eigenvalue weighted by molar-refractivity contribution is 0.449. The van der Waals surface area contributed by atoms with Gasteiger partial charge in [-0.05, 0) is 34.8 Å². The van der Waals surface area contributed by atoms with Crippen molar-refractivity contribution in [1.82, 2.24) is 4.98 Å². The summed E-state index contributed by atoms with van der Waals surface area (Å²) in [6.45, 7) is 5.38. The monoisotopic (exact) mass is 269 g/mol. The van der Waals surface area contributed by atoms with E-state index >= 15 is 0 Å². The molecule has 0 atom stereocenters. The molecular formula is C11H16BrN3. The van der Waals surface area contributed by atoms with Gasteiger partial charge in [-0.1, -0.05) is 13.8 Å². The van der Waals surface area contributed by atoms with E-state index in [-0.39, 0.29) is 5.54 Å². The Balaban J connectivity index is 2.30. The van der Waals surface area contributed by atoms with Crippen LogP contribution in [0.4, 0.5) is 11.5 Å². The second kappa shape index (κ2) is 4.00. The summed E-state index contributed by atoms with van der Waals surface area (Å²) in [7, 11) is 0. The molecule has 0 saturated heterocycles. The molecule has 0 fully saturated rings. The molecule has 0 aliphatic carbocycles. The lowest BCUT2D eigenvalue weighted by Crippen LogP contribution is -2.47. The highest BCUT2D eigenvalue weighted by molar-refractivity contribution is 9.10. The maximum atomic E-state index is 4.39. The minimum absolute atomic E-state index is 0.161. The molecule has 0 bridgehead atoms. The number of rotatable bonds is 2. The van der Waals surface area contributed by atoms with Gasteiger partial charge in [0.05, 0.1) is 11.2 Å². The number of nitrogens with one attached hydrogen (secondary N) is 2. The largest absolute Gasteiger partial charge is 0.380 e. The summed E-state index contributed by atoms with van der Waals surface area (Å²) in [5, 5.41) is 6.98. The Morgan fingerprint density at radius 3 is 2.87 bits per heavy atom. The second-order valence-corrected chi connectivity index (χ2v) is 4.93. The molecule has 82 valence electrons. The van der Waals surface area contributed by atoms with Crippen LogP contribution >= 0.6 is 15.9 Å². The van der Waals surface area contributed by atoms with Crippen molar-refractivity contribution < 1.29 is 0 Å². The van der Waals surface area contributed by atoms with Crippen LogP contribution in [0.15, 0.2) is 16.7 Å². The van der Waals surface area contributed by atoms with Gasteiger partial charge in [0.15, 0.2) is 0 Å². The van der Waals surface area contributed by atoms with E-state index in [4.69, 9.17) is 0 Å². The normalized spacial score (nSPS) is 17.5. The molecule has 1 aliphatic rings. The maximum Gasteiger partial charge on any atom is 0.149 e. The third-order valence-electron chi connectivity index (χ3n) is 3.21. The highest BCUT2D eigenvalue weighted by atomic mass is 79.9. The summed E-state index contributed by atoms with van der Waals surface area (Å²) in [6, 6.07) is 2.06. The molecule has 1 aromatic heterocycles. The fraction of sp³-hybridized carbons (Fsp3) is 0.545. The number of aromatic nitrogens is 1. The molecule has 1 aromatic rings. The quantitative estimate of drug-likeness (QED) is 0.866. The van der Waals surface area contributed by atoms with E-state index in [0.717, 1.165) is 35.4 Å². The molecule has 2 rings (SSSR count). The zero-order chi connectivity index (χ0) is 10.9. The average Bonchev–Trinajstić information content (AvgIpc) is 2.28. The van der Waals surface area contributed by atoms with Gasteiger partial charge in [0.1, 0.15) is 5.82 Å². The van der Waals surface area contributed by atoms with E-state index < -0.39 is 0 Å². The zero-order valence-corrected chi connectivity index (χ0v) is 10.7. The van der Waals surface area contributed by atoms with Crippen LogP contribution in [0.1, 0.15) is 26.7 Å². The van der Waals surface area contributed by atoms with E-state index in [1.165, 1.54) is 0 Å². The molecule has 0 saturated carbocycles. The van der Waals surface area contributed by atoms with Crippen molar-refractivity contribution >= 4 is 27.4 Å². The number of hydrogen-bond donors (Lipinski definition) is 2. The van der Waals surface area contributed by atoms with E-state index in [0.29, 0.717) is 0 Å². The molecule has 0 radical (unpaired) electrons. The molecule has 2 N–H and O–H groups in total. The van der Waals surface area contributed by atoms with Crippen molar-refractivity contribution in [1.29, 1.82) is 0 Å². The molecule has 0 aromatic carbocycles. The zero-order valence-electron chi connectivity index (χ0n) is 9.10. The van der Waals surface area contributed by atoms with Gasteiger partial charge >= 0.3 is 0 Å². The Morgan fingerprint density at radius 2 is 2.20 bits per heavy atom. The van der Waals surface area contributed by atoms with Gasteiger partial charge in [-0.2, -0.15) is 0 Å². The fourth-order valence-corrected chi connectivity index (χ4v) is 2.24. The summed E-state index contributed by atoms with van der Waals surface area (Å²) in [5.41, 5.74) is 1.25. The molecule has 15 heavy (non-hydrogen) atoms. The molecule has 4 heteroatoms. The standard InChI is InChI=1S/C11H16BrN3/c1-3-11(4-2)7-14-9-5-8(12)6-13-10(9)15-11/h5-6,14H,3-4,7H2,1-2H3,(H,13,15). The number of pyridine rings is 1. The van der Waals surface area contributed by atoms with Crippen molar-refractivity contribution in [2.75, 3.05) is 17.2 Å². The second-order valence-electron chi connectivity index (χ2n) is 4.02. The summed E-state index contributed by atoms with van der Waals surface area (Å²) >= 11 is 3.42. The molecular weight excluding hydrogens is 254 g/mol. The van der Waals surface area contributed by atoms with Crippen molar-refractivity contribution in [3.8, 4) is 0 Å². The van der Waals surface area contributed by atoms with Gasteiger partial charge in [-0.3, -0.25) is 0 Å². The Labute approximate surface area is 98.8 Å². The number of halogens is 1. The van der Waals surface area contributed by atoms with Crippen LogP contribution in [0.25, 0.3) is 0 Å². The van der Waals surface area contributed by atoms with Crippen LogP contribution in [-0.4, -0.2) is 17.1 Å². The number of fused-ring (bicyclic) bond motifs is 1. The predicted molar refractivity (Wildman–Crippen MR) is 67.4 cm³/mol. The number of hydrogen-bond acceptors (Lipinski definition) is 3. The summed E-state index contributed by atoms with van der Waals surface area (Å²) in [5.74, 6) is 0.966. The van der Waals surface area contributed by atoms with E-state index in [9.17, 15) is 0 Å². The lowest BCUT2D eigenvalue weighted by Gasteiger charge is -2.38. The molecule has 0 spiro atoms. The van der Waals surface area contributed by atoms with Gasteiger partial charge in [0, 0.05) is 17.2 Å². The van der Waals surface area contributed by atoms with Crippen molar-refractivity contribution in [2.24, 2.45) is 0 Å². The van der Waals surface area contributed by atoms with Crippen LogP contribution in [0.5, 0.6) is 0 Å². The van der Waals surface area contributed by atoms with Crippen LogP contribution in [0, 0.1) is 0 Å². The first-order valence-corrected chi connectivity index (χ1v) is 6.16. The summed E-state index contributed by atoms with van der Waals surface area (Å²) < 4.78 is 1.01. The van der Waals surface area contributed by atoms with E-state index in [2.05, 4.69) is 51.5 Å². The Kier molecular flexibility index (Phi) is 2.87. The molecule has 0 amide bonds. The van der Waals surface area contributed by atoms with Crippen molar-refractivity contribution in [3.63, 3.8) is 0 Å². The van der Waals surface area contributed by atoms with E-state index in [1.54, 1.807) is 0 Å². The van der Waals surface area contributed by atoms with E-state index in [1.807, 2.05) is 6.20 Å². The maximum absolute atomic E-state index is 4.39. The molecule has 1 aliphatic heterocycles. The van der Waals surface area contributed by atoms with Crippen molar-refractivity contribution in [3.05, 3.63) is 16.7 Å². The molecule has 3 nitrogen and oxygen atoms in total.